The van der Waals surface area contributed by atoms with Gasteiger partial charge in [0.25, 0.3) is 0 Å². The third kappa shape index (κ3) is 3.03. The van der Waals surface area contributed by atoms with E-state index in [0.29, 0.717) is 17.3 Å². The van der Waals surface area contributed by atoms with Gasteiger partial charge < -0.3 is 16.2 Å². The summed E-state index contributed by atoms with van der Waals surface area (Å²) in [4.78, 5) is 11.6. The van der Waals surface area contributed by atoms with E-state index in [-0.39, 0.29) is 17.2 Å². The third-order valence-corrected chi connectivity index (χ3v) is 2.26. The first kappa shape index (κ1) is 12.6. The number of halogens is 1. The number of carbonyl (C=O) groups is 1. The first-order chi connectivity index (χ1) is 7.41. The van der Waals surface area contributed by atoms with Crippen LogP contribution in [0, 0.1) is 5.92 Å². The monoisotopic (exact) mass is 242 g/mol. The summed E-state index contributed by atoms with van der Waals surface area (Å²) in [5, 5.41) is 0.331. The average Bonchev–Trinajstić information content (AvgIpc) is 2.20. The zero-order chi connectivity index (χ0) is 12.3. The number of nitrogens with two attached hydrogens (primary N) is 2. The molecule has 0 unspecified atom stereocenters. The van der Waals surface area contributed by atoms with Crippen molar-refractivity contribution in [2.24, 2.45) is 5.92 Å². The van der Waals surface area contributed by atoms with Gasteiger partial charge in [-0.15, -0.1) is 0 Å². The molecule has 16 heavy (non-hydrogen) atoms. The molecule has 88 valence electrons. The molecule has 0 saturated heterocycles. The second-order valence-corrected chi connectivity index (χ2v) is 4.36. The van der Waals surface area contributed by atoms with Gasteiger partial charge >= 0.3 is 5.97 Å². The number of hydrogen-bond acceptors (Lipinski definition) is 4. The number of rotatable bonds is 3. The number of ether oxygens (including phenoxy) is 1. The Labute approximate surface area is 99.5 Å². The van der Waals surface area contributed by atoms with E-state index in [1.807, 2.05) is 13.8 Å². The first-order valence-corrected chi connectivity index (χ1v) is 5.31. The molecular weight excluding hydrogens is 228 g/mol. The predicted molar refractivity (Wildman–Crippen MR) is 65.4 cm³/mol. The Bertz CT molecular complexity index is 405. The van der Waals surface area contributed by atoms with Crippen LogP contribution < -0.4 is 11.5 Å². The number of nitrogen functional groups attached to an aromatic ring is 2. The molecule has 4 N–H and O–H groups in total. The Morgan fingerprint density at radius 2 is 2.00 bits per heavy atom. The molecule has 1 aromatic carbocycles. The van der Waals surface area contributed by atoms with Gasteiger partial charge in [-0.25, -0.2) is 4.79 Å². The summed E-state index contributed by atoms with van der Waals surface area (Å²) in [6.07, 6.45) is 0. The quantitative estimate of drug-likeness (QED) is 0.630. The molecule has 0 spiro atoms. The van der Waals surface area contributed by atoms with Gasteiger partial charge in [0.05, 0.1) is 22.9 Å². The van der Waals surface area contributed by atoms with Crippen LogP contribution in [-0.4, -0.2) is 12.6 Å². The van der Waals surface area contributed by atoms with E-state index in [4.69, 9.17) is 27.8 Å². The van der Waals surface area contributed by atoms with E-state index in [2.05, 4.69) is 0 Å². The van der Waals surface area contributed by atoms with Crippen molar-refractivity contribution >= 4 is 28.9 Å². The lowest BCUT2D eigenvalue weighted by Gasteiger charge is -2.10. The van der Waals surface area contributed by atoms with Crippen LogP contribution in [0.15, 0.2) is 12.1 Å². The van der Waals surface area contributed by atoms with Crippen molar-refractivity contribution in [2.45, 2.75) is 13.8 Å². The number of benzene rings is 1. The van der Waals surface area contributed by atoms with Crippen LogP contribution in [0.25, 0.3) is 0 Å². The maximum absolute atomic E-state index is 11.6. The highest BCUT2D eigenvalue weighted by Crippen LogP contribution is 2.25. The molecule has 0 radical (unpaired) electrons. The number of esters is 1. The molecule has 0 amide bonds. The molecule has 0 aliphatic carbocycles. The Hall–Kier alpha value is -1.42. The van der Waals surface area contributed by atoms with Crippen molar-refractivity contribution in [2.75, 3.05) is 18.1 Å². The second kappa shape index (κ2) is 5.07. The van der Waals surface area contributed by atoms with Crippen LogP contribution in [0.4, 0.5) is 11.4 Å². The predicted octanol–water partition coefficient (Wildman–Crippen LogP) is 2.32. The molecule has 0 aliphatic rings. The van der Waals surface area contributed by atoms with Gasteiger partial charge in [-0.3, -0.25) is 0 Å². The SMILES string of the molecule is CC(C)COC(=O)c1cc(N)c(Cl)cc1N. The highest BCUT2D eigenvalue weighted by Gasteiger charge is 2.14. The molecule has 0 atom stereocenters. The summed E-state index contributed by atoms with van der Waals surface area (Å²) in [5.74, 6) is -0.204. The molecule has 0 heterocycles. The maximum Gasteiger partial charge on any atom is 0.340 e. The van der Waals surface area contributed by atoms with Crippen molar-refractivity contribution in [1.29, 1.82) is 0 Å². The third-order valence-electron chi connectivity index (χ3n) is 1.94. The highest BCUT2D eigenvalue weighted by molar-refractivity contribution is 6.33. The van der Waals surface area contributed by atoms with Gasteiger partial charge in [-0.2, -0.15) is 0 Å². The zero-order valence-corrected chi connectivity index (χ0v) is 10.0. The van der Waals surface area contributed by atoms with E-state index in [1.54, 1.807) is 0 Å². The van der Waals surface area contributed by atoms with Crippen LogP contribution >= 0.6 is 11.6 Å². The lowest BCUT2D eigenvalue weighted by molar-refractivity contribution is 0.0460. The summed E-state index contributed by atoms with van der Waals surface area (Å²) >= 11 is 5.76. The van der Waals surface area contributed by atoms with Crippen molar-refractivity contribution in [3.63, 3.8) is 0 Å². The van der Waals surface area contributed by atoms with Crippen LogP contribution in [0.3, 0.4) is 0 Å². The fraction of sp³-hybridized carbons (Fsp3) is 0.364. The fourth-order valence-corrected chi connectivity index (χ4v) is 1.27. The minimum Gasteiger partial charge on any atom is -0.462 e. The van der Waals surface area contributed by atoms with E-state index >= 15 is 0 Å². The number of hydrogen-bond donors (Lipinski definition) is 2. The van der Waals surface area contributed by atoms with Crippen molar-refractivity contribution in [1.82, 2.24) is 0 Å². The van der Waals surface area contributed by atoms with Gasteiger partial charge in [-0.1, -0.05) is 25.4 Å². The lowest BCUT2D eigenvalue weighted by Crippen LogP contribution is -2.12. The smallest absolute Gasteiger partial charge is 0.340 e. The molecule has 5 heteroatoms. The molecule has 0 aliphatic heterocycles. The molecule has 1 rings (SSSR count). The summed E-state index contributed by atoms with van der Waals surface area (Å²) in [7, 11) is 0. The number of carbonyl (C=O) groups excluding carboxylic acids is 1. The second-order valence-electron chi connectivity index (χ2n) is 3.95. The van der Waals surface area contributed by atoms with E-state index in [1.165, 1.54) is 12.1 Å². The molecule has 0 saturated carbocycles. The van der Waals surface area contributed by atoms with Gasteiger partial charge in [0.2, 0.25) is 0 Å². The van der Waals surface area contributed by atoms with Crippen LogP contribution in [-0.2, 0) is 4.74 Å². The van der Waals surface area contributed by atoms with E-state index in [9.17, 15) is 4.79 Å². The van der Waals surface area contributed by atoms with Gasteiger partial charge in [0.1, 0.15) is 0 Å². The normalized spacial score (nSPS) is 10.5. The van der Waals surface area contributed by atoms with Gasteiger partial charge in [0, 0.05) is 5.69 Å². The zero-order valence-electron chi connectivity index (χ0n) is 9.29. The lowest BCUT2D eigenvalue weighted by atomic mass is 10.1. The maximum atomic E-state index is 11.6. The van der Waals surface area contributed by atoms with Crippen LogP contribution in [0.1, 0.15) is 24.2 Å². The topological polar surface area (TPSA) is 78.3 Å². The Morgan fingerprint density at radius 1 is 1.38 bits per heavy atom. The summed E-state index contributed by atoms with van der Waals surface area (Å²) in [6.45, 7) is 4.25. The molecule has 4 nitrogen and oxygen atoms in total. The standard InChI is InChI=1S/C11H15ClN2O2/c1-6(2)5-16-11(15)7-3-10(14)8(12)4-9(7)13/h3-4,6H,5,13-14H2,1-2H3. The largest absolute Gasteiger partial charge is 0.462 e. The molecule has 1 aromatic rings. The van der Waals surface area contributed by atoms with Crippen molar-refractivity contribution in [3.8, 4) is 0 Å². The minimum absolute atomic E-state index is 0.252. The molecule has 0 aromatic heterocycles. The van der Waals surface area contributed by atoms with Crippen LogP contribution in [0.2, 0.25) is 5.02 Å². The van der Waals surface area contributed by atoms with E-state index in [0.717, 1.165) is 0 Å². The molecule has 0 fully saturated rings. The summed E-state index contributed by atoms with van der Waals surface area (Å²) in [6, 6.07) is 2.88. The first-order valence-electron chi connectivity index (χ1n) is 4.93. The summed E-state index contributed by atoms with van der Waals surface area (Å²) in [5.41, 5.74) is 12.1. The molecule has 0 bridgehead atoms. The Morgan fingerprint density at radius 3 is 2.56 bits per heavy atom. The van der Waals surface area contributed by atoms with Crippen LogP contribution in [0.5, 0.6) is 0 Å². The minimum atomic E-state index is -0.477. The van der Waals surface area contributed by atoms with Gasteiger partial charge in [-0.05, 0) is 18.1 Å². The highest BCUT2D eigenvalue weighted by atomic mass is 35.5. The van der Waals surface area contributed by atoms with E-state index < -0.39 is 5.97 Å². The van der Waals surface area contributed by atoms with Gasteiger partial charge in [0.15, 0.2) is 0 Å². The summed E-state index contributed by atoms with van der Waals surface area (Å²) < 4.78 is 5.05. The Kier molecular flexibility index (Phi) is 4.01. The average molecular weight is 243 g/mol. The van der Waals surface area contributed by atoms with Crippen molar-refractivity contribution in [3.05, 3.63) is 22.7 Å². The number of anilines is 2. The van der Waals surface area contributed by atoms with Crippen molar-refractivity contribution < 1.29 is 9.53 Å². The fourth-order valence-electron chi connectivity index (χ4n) is 1.10. The molecular formula is C11H15ClN2O2. The Balaban J connectivity index is 2.87.